The summed E-state index contributed by atoms with van der Waals surface area (Å²) in [6, 6.07) is 10.2. The Kier molecular flexibility index (Phi) is 4.48. The first-order valence-corrected chi connectivity index (χ1v) is 8.85. The third-order valence-electron chi connectivity index (χ3n) is 2.86. The summed E-state index contributed by atoms with van der Waals surface area (Å²) in [5, 5.41) is 10.8. The van der Waals surface area contributed by atoms with Gasteiger partial charge in [0.05, 0.1) is 11.9 Å². The Labute approximate surface area is 139 Å². The molecule has 0 saturated heterocycles. The Morgan fingerprint density at radius 3 is 2.86 bits per heavy atom. The zero-order valence-electron chi connectivity index (χ0n) is 11.2. The van der Waals surface area contributed by atoms with Gasteiger partial charge < -0.3 is 0 Å². The van der Waals surface area contributed by atoms with Crippen molar-refractivity contribution in [1.29, 1.82) is 0 Å². The van der Waals surface area contributed by atoms with E-state index in [1.807, 2.05) is 34.5 Å². The molecule has 0 unspecified atom stereocenters. The van der Waals surface area contributed by atoms with Gasteiger partial charge in [0.15, 0.2) is 0 Å². The van der Waals surface area contributed by atoms with Crippen LogP contribution in [0.1, 0.15) is 5.56 Å². The third kappa shape index (κ3) is 3.23. The minimum absolute atomic E-state index is 0.872. The van der Waals surface area contributed by atoms with Gasteiger partial charge in [0, 0.05) is 28.0 Å². The van der Waals surface area contributed by atoms with Gasteiger partial charge in [-0.3, -0.25) is 4.99 Å². The van der Waals surface area contributed by atoms with Gasteiger partial charge >= 0.3 is 0 Å². The normalized spacial score (nSPS) is 12.4. The summed E-state index contributed by atoms with van der Waals surface area (Å²) in [4.78, 5) is 5.17. The zero-order valence-corrected chi connectivity index (χ0v) is 14.5. The molecule has 0 aliphatic heterocycles. The van der Waals surface area contributed by atoms with Crippen LogP contribution in [0.15, 0.2) is 61.0 Å². The van der Waals surface area contributed by atoms with E-state index in [9.17, 15) is 0 Å². The Bertz CT molecular complexity index is 829. The number of thiophene rings is 1. The highest BCUT2D eigenvalue weighted by Crippen LogP contribution is 2.23. The summed E-state index contributed by atoms with van der Waals surface area (Å²) < 4.78 is 2.93. The molecule has 0 aliphatic carbocycles. The number of nitrogens with zero attached hydrogens (tertiary/aromatic N) is 3. The second-order valence-electron chi connectivity index (χ2n) is 4.25. The fourth-order valence-electron chi connectivity index (χ4n) is 1.88. The molecular formula is C15H12BrN3S2. The van der Waals surface area contributed by atoms with Crippen LogP contribution in [-0.4, -0.2) is 17.9 Å². The second-order valence-corrected chi connectivity index (χ2v) is 6.78. The van der Waals surface area contributed by atoms with Crippen LogP contribution in [0.5, 0.6) is 0 Å². The lowest BCUT2D eigenvalue weighted by Gasteiger charge is -2.03. The molecule has 1 aromatic carbocycles. The predicted octanol–water partition coefficient (Wildman–Crippen LogP) is 4.45. The smallest absolute Gasteiger partial charge is 0.205 e. The molecule has 0 bridgehead atoms. The van der Waals surface area contributed by atoms with E-state index in [1.54, 1.807) is 29.7 Å². The molecule has 3 nitrogen and oxygen atoms in total. The minimum Gasteiger partial charge on any atom is -0.261 e. The lowest BCUT2D eigenvalue weighted by atomic mass is 10.2. The molecule has 0 fully saturated rings. The Balaban J connectivity index is 2.09. The lowest BCUT2D eigenvalue weighted by molar-refractivity contribution is 0.848. The third-order valence-corrected chi connectivity index (χ3v) is 4.96. The molecule has 106 valence electrons. The van der Waals surface area contributed by atoms with Crippen molar-refractivity contribution in [2.45, 2.75) is 0 Å². The molecule has 0 spiro atoms. The van der Waals surface area contributed by atoms with E-state index in [-0.39, 0.29) is 0 Å². The SMILES string of the molecule is CN=c1scc(-c2cccc(Br)c2)n1N=Cc1ccsc1. The topological polar surface area (TPSA) is 29.6 Å². The van der Waals surface area contributed by atoms with Gasteiger partial charge in [-0.2, -0.15) is 16.4 Å². The van der Waals surface area contributed by atoms with Crippen LogP contribution in [-0.2, 0) is 0 Å². The second kappa shape index (κ2) is 6.51. The molecule has 3 aromatic rings. The highest BCUT2D eigenvalue weighted by atomic mass is 79.9. The standard InChI is InChI=1S/C15H12BrN3S2/c1-17-15-19(18-8-11-5-6-20-9-11)14(10-21-15)12-3-2-4-13(16)7-12/h2-10H,1H3. The van der Waals surface area contributed by atoms with Gasteiger partial charge in [0.1, 0.15) is 0 Å². The average Bonchev–Trinajstić information content (AvgIpc) is 3.14. The van der Waals surface area contributed by atoms with Gasteiger partial charge in [-0.05, 0) is 29.0 Å². The quantitative estimate of drug-likeness (QED) is 0.603. The molecule has 3 rings (SSSR count). The van der Waals surface area contributed by atoms with E-state index < -0.39 is 0 Å². The molecule has 2 aromatic heterocycles. The summed E-state index contributed by atoms with van der Waals surface area (Å²) >= 11 is 6.76. The van der Waals surface area contributed by atoms with Crippen LogP contribution >= 0.6 is 38.6 Å². The van der Waals surface area contributed by atoms with Gasteiger partial charge in [-0.25, -0.2) is 4.68 Å². The fourth-order valence-corrected chi connectivity index (χ4v) is 3.70. The average molecular weight is 378 g/mol. The summed E-state index contributed by atoms with van der Waals surface area (Å²) in [6.45, 7) is 0. The number of hydrogen-bond donors (Lipinski definition) is 0. The van der Waals surface area contributed by atoms with Gasteiger partial charge in [-0.1, -0.05) is 28.1 Å². The Morgan fingerprint density at radius 2 is 2.14 bits per heavy atom. The number of aromatic nitrogens is 1. The first-order valence-electron chi connectivity index (χ1n) is 6.24. The zero-order chi connectivity index (χ0) is 14.7. The number of rotatable bonds is 3. The summed E-state index contributed by atoms with van der Waals surface area (Å²) in [7, 11) is 1.78. The maximum Gasteiger partial charge on any atom is 0.205 e. The molecule has 0 radical (unpaired) electrons. The van der Waals surface area contributed by atoms with Crippen LogP contribution in [0, 0.1) is 0 Å². The molecule has 2 heterocycles. The van der Waals surface area contributed by atoms with Crippen LogP contribution in [0.3, 0.4) is 0 Å². The largest absolute Gasteiger partial charge is 0.261 e. The fraction of sp³-hybridized carbons (Fsp3) is 0.0667. The first-order chi connectivity index (χ1) is 10.3. The Hall–Kier alpha value is -1.50. The molecule has 0 saturated carbocycles. The van der Waals surface area contributed by atoms with Crippen molar-refractivity contribution in [3.63, 3.8) is 0 Å². The van der Waals surface area contributed by atoms with E-state index in [2.05, 4.69) is 48.9 Å². The molecule has 0 N–H and O–H groups in total. The van der Waals surface area contributed by atoms with Crippen LogP contribution in [0.2, 0.25) is 0 Å². The molecule has 0 amide bonds. The number of benzene rings is 1. The van der Waals surface area contributed by atoms with Gasteiger partial charge in [-0.15, -0.1) is 11.3 Å². The minimum atomic E-state index is 0.872. The Morgan fingerprint density at radius 1 is 1.24 bits per heavy atom. The highest BCUT2D eigenvalue weighted by molar-refractivity contribution is 9.10. The van der Waals surface area contributed by atoms with Crippen molar-refractivity contribution in [3.05, 3.63) is 61.3 Å². The van der Waals surface area contributed by atoms with E-state index in [0.717, 1.165) is 26.1 Å². The van der Waals surface area contributed by atoms with Crippen LogP contribution in [0.25, 0.3) is 11.3 Å². The molecule has 6 heteroatoms. The van der Waals surface area contributed by atoms with Crippen molar-refractivity contribution in [1.82, 2.24) is 4.68 Å². The van der Waals surface area contributed by atoms with Crippen molar-refractivity contribution in [2.24, 2.45) is 10.1 Å². The van der Waals surface area contributed by atoms with Crippen LogP contribution < -0.4 is 4.80 Å². The highest BCUT2D eigenvalue weighted by Gasteiger charge is 2.07. The van der Waals surface area contributed by atoms with Crippen molar-refractivity contribution < 1.29 is 0 Å². The number of hydrogen-bond acceptors (Lipinski definition) is 4. The molecular weight excluding hydrogens is 366 g/mol. The summed E-state index contributed by atoms with van der Waals surface area (Å²) in [5.74, 6) is 0. The van der Waals surface area contributed by atoms with Gasteiger partial charge in [0.25, 0.3) is 0 Å². The van der Waals surface area contributed by atoms with Crippen LogP contribution in [0.4, 0.5) is 0 Å². The van der Waals surface area contributed by atoms with E-state index in [4.69, 9.17) is 0 Å². The van der Waals surface area contributed by atoms with Crippen molar-refractivity contribution >= 4 is 44.8 Å². The molecule has 21 heavy (non-hydrogen) atoms. The van der Waals surface area contributed by atoms with E-state index in [0.29, 0.717) is 0 Å². The first kappa shape index (κ1) is 14.4. The predicted molar refractivity (Wildman–Crippen MR) is 94.2 cm³/mol. The van der Waals surface area contributed by atoms with Gasteiger partial charge in [0.2, 0.25) is 4.80 Å². The lowest BCUT2D eigenvalue weighted by Crippen LogP contribution is -2.11. The van der Waals surface area contributed by atoms with Crippen molar-refractivity contribution in [2.75, 3.05) is 7.05 Å². The maximum absolute atomic E-state index is 4.59. The molecule has 0 aliphatic rings. The van der Waals surface area contributed by atoms with Crippen molar-refractivity contribution in [3.8, 4) is 11.3 Å². The number of halogens is 1. The number of thiazole rings is 1. The van der Waals surface area contributed by atoms with E-state index >= 15 is 0 Å². The maximum atomic E-state index is 4.59. The summed E-state index contributed by atoms with van der Waals surface area (Å²) in [5.41, 5.74) is 3.24. The summed E-state index contributed by atoms with van der Waals surface area (Å²) in [6.07, 6.45) is 1.86. The molecule has 0 atom stereocenters. The van der Waals surface area contributed by atoms with E-state index in [1.165, 1.54) is 0 Å². The monoisotopic (exact) mass is 377 g/mol.